The molecule has 1 saturated heterocycles. The predicted octanol–water partition coefficient (Wildman–Crippen LogP) is 3.60. The van der Waals surface area contributed by atoms with E-state index in [1.807, 2.05) is 61.5 Å². The monoisotopic (exact) mass is 496 g/mol. The molecule has 186 valence electrons. The van der Waals surface area contributed by atoms with E-state index in [9.17, 15) is 19.2 Å². The van der Waals surface area contributed by atoms with Crippen molar-refractivity contribution in [1.29, 1.82) is 0 Å². The first-order chi connectivity index (χ1) is 16.8. The number of thioether (sulfide) groups is 1. The second-order valence-electron chi connectivity index (χ2n) is 8.52. The molecule has 35 heavy (non-hydrogen) atoms. The topological polar surface area (TPSA) is 92.8 Å². The molecule has 0 bridgehead atoms. The Labute approximate surface area is 210 Å². The van der Waals surface area contributed by atoms with Gasteiger partial charge in [0.15, 0.2) is 5.12 Å². The van der Waals surface area contributed by atoms with Gasteiger partial charge in [-0.3, -0.25) is 14.4 Å². The molecule has 0 unspecified atom stereocenters. The van der Waals surface area contributed by atoms with Gasteiger partial charge in [0.2, 0.25) is 11.8 Å². The summed E-state index contributed by atoms with van der Waals surface area (Å²) in [6.07, 6.45) is 1.49. The summed E-state index contributed by atoms with van der Waals surface area (Å²) in [6.45, 7) is 5.09. The highest BCUT2D eigenvalue weighted by molar-refractivity contribution is 8.14. The Hall–Kier alpha value is -3.13. The molecule has 0 spiro atoms. The minimum absolute atomic E-state index is 0.172. The number of carbonyl (C=O) groups excluding carboxylic acids is 4. The summed E-state index contributed by atoms with van der Waals surface area (Å²) in [5, 5.41) is 1.88. The molecule has 2 aromatic rings. The van der Waals surface area contributed by atoms with Crippen LogP contribution in [0.1, 0.15) is 49.4 Å². The lowest BCUT2D eigenvalue weighted by Crippen LogP contribution is -2.48. The van der Waals surface area contributed by atoms with Gasteiger partial charge in [-0.25, -0.2) is 4.79 Å². The minimum atomic E-state index is -0.698. The highest BCUT2D eigenvalue weighted by atomic mass is 32.2. The second-order valence-corrected chi connectivity index (χ2v) is 9.90. The van der Waals surface area contributed by atoms with Crippen molar-refractivity contribution in [2.24, 2.45) is 0 Å². The van der Waals surface area contributed by atoms with E-state index in [4.69, 9.17) is 4.74 Å². The first kappa shape index (κ1) is 26.5. The third-order valence-corrected chi connectivity index (χ3v) is 7.05. The van der Waals surface area contributed by atoms with E-state index in [0.717, 1.165) is 28.5 Å². The molecule has 1 aliphatic rings. The summed E-state index contributed by atoms with van der Waals surface area (Å²) in [5.74, 6) is -1.17. The van der Waals surface area contributed by atoms with E-state index in [2.05, 4.69) is 5.32 Å². The molecule has 1 N–H and O–H groups in total. The molecule has 2 aromatic carbocycles. The maximum Gasteiger partial charge on any atom is 0.328 e. The summed E-state index contributed by atoms with van der Waals surface area (Å²) < 4.78 is 5.23. The van der Waals surface area contributed by atoms with Gasteiger partial charge in [-0.1, -0.05) is 66.4 Å². The predicted molar refractivity (Wildman–Crippen MR) is 136 cm³/mol. The summed E-state index contributed by atoms with van der Waals surface area (Å²) in [6, 6.07) is 16.2. The fourth-order valence-corrected chi connectivity index (χ4v) is 5.35. The number of hydrogen-bond acceptors (Lipinski definition) is 6. The van der Waals surface area contributed by atoms with E-state index >= 15 is 0 Å². The van der Waals surface area contributed by atoms with Crippen LogP contribution in [0.25, 0.3) is 0 Å². The van der Waals surface area contributed by atoms with Crippen LogP contribution < -0.4 is 5.32 Å². The van der Waals surface area contributed by atoms with Gasteiger partial charge in [0.1, 0.15) is 6.04 Å². The molecule has 2 amide bonds. The number of hydrogen-bond donors (Lipinski definition) is 1. The number of rotatable bonds is 9. The quantitative estimate of drug-likeness (QED) is 0.534. The molecular formula is C27H32N2O5S. The normalized spacial score (nSPS) is 18.1. The summed E-state index contributed by atoms with van der Waals surface area (Å²) in [7, 11) is 0. The van der Waals surface area contributed by atoms with Crippen LogP contribution in [0.2, 0.25) is 0 Å². The van der Waals surface area contributed by atoms with Crippen molar-refractivity contribution < 1.29 is 23.9 Å². The van der Waals surface area contributed by atoms with Gasteiger partial charge >= 0.3 is 5.97 Å². The number of carbonyl (C=O) groups is 4. The summed E-state index contributed by atoms with van der Waals surface area (Å²) in [4.78, 5) is 52.3. The Morgan fingerprint density at radius 1 is 1.06 bits per heavy atom. The number of esters is 1. The second kappa shape index (κ2) is 12.5. The fraction of sp³-hybridized carbons (Fsp3) is 0.407. The first-order valence-corrected chi connectivity index (χ1v) is 12.7. The third-order valence-electron chi connectivity index (χ3n) is 6.06. The zero-order valence-electron chi connectivity index (χ0n) is 20.4. The highest BCUT2D eigenvalue weighted by Gasteiger charge is 2.42. The average Bonchev–Trinajstić information content (AvgIpc) is 3.28. The zero-order valence-corrected chi connectivity index (χ0v) is 21.2. The third kappa shape index (κ3) is 6.94. The van der Waals surface area contributed by atoms with Gasteiger partial charge in [0.05, 0.1) is 24.4 Å². The lowest BCUT2D eigenvalue weighted by molar-refractivity contribution is -0.154. The van der Waals surface area contributed by atoms with E-state index in [0.29, 0.717) is 19.3 Å². The van der Waals surface area contributed by atoms with Crippen molar-refractivity contribution in [1.82, 2.24) is 10.2 Å². The van der Waals surface area contributed by atoms with Crippen molar-refractivity contribution in [3.05, 3.63) is 71.3 Å². The van der Waals surface area contributed by atoms with Crippen LogP contribution in [-0.4, -0.2) is 52.2 Å². The number of aryl methyl sites for hydroxylation is 1. The average molecular weight is 497 g/mol. The molecule has 1 fully saturated rings. The van der Waals surface area contributed by atoms with Crippen molar-refractivity contribution in [3.8, 4) is 0 Å². The van der Waals surface area contributed by atoms with Crippen molar-refractivity contribution in [2.45, 2.75) is 57.4 Å². The molecule has 0 saturated carbocycles. The van der Waals surface area contributed by atoms with Crippen molar-refractivity contribution >= 4 is 34.7 Å². The molecule has 7 nitrogen and oxygen atoms in total. The van der Waals surface area contributed by atoms with Gasteiger partial charge in [-0.15, -0.1) is 0 Å². The lowest BCUT2D eigenvalue weighted by Gasteiger charge is -2.30. The number of benzene rings is 2. The number of amides is 2. The zero-order chi connectivity index (χ0) is 25.4. The number of likely N-dealkylation sites (tertiary alicyclic amines) is 1. The van der Waals surface area contributed by atoms with E-state index in [1.165, 1.54) is 6.92 Å². The van der Waals surface area contributed by atoms with E-state index in [1.54, 1.807) is 11.8 Å². The maximum atomic E-state index is 13.4. The Morgan fingerprint density at radius 3 is 2.40 bits per heavy atom. The van der Waals surface area contributed by atoms with Crippen LogP contribution in [0.3, 0.4) is 0 Å². The van der Waals surface area contributed by atoms with E-state index < -0.39 is 17.3 Å². The molecular weight excluding hydrogens is 464 g/mol. The number of ether oxygens (including phenoxy) is 1. The van der Waals surface area contributed by atoms with Crippen LogP contribution in [0.15, 0.2) is 54.6 Å². The Kier molecular flexibility index (Phi) is 9.48. The molecule has 0 radical (unpaired) electrons. The Balaban J connectivity index is 1.75. The molecule has 1 heterocycles. The Bertz CT molecular complexity index is 1060. The summed E-state index contributed by atoms with van der Waals surface area (Å²) >= 11 is 0.948. The molecule has 3 atom stereocenters. The standard InChI is InChI=1S/C27H32N2O5S/c1-4-34-27(33)23-15-14-22(21-13-9-8-10-18(21)2)29(23)25(31)17-28-26(32)24(35-19(3)30)16-20-11-6-5-7-12-20/h5-13,22-24H,4,14-17H2,1-3H3,(H,28,32)/t22-,23-,24+/m1/s1. The van der Waals surface area contributed by atoms with Gasteiger partial charge in [-0.05, 0) is 49.8 Å². The van der Waals surface area contributed by atoms with Crippen LogP contribution in [-0.2, 0) is 30.3 Å². The van der Waals surface area contributed by atoms with Crippen LogP contribution in [0.5, 0.6) is 0 Å². The number of nitrogens with one attached hydrogen (secondary N) is 1. The van der Waals surface area contributed by atoms with Crippen LogP contribution in [0.4, 0.5) is 0 Å². The van der Waals surface area contributed by atoms with Gasteiger partial charge in [0.25, 0.3) is 0 Å². The molecule has 1 aliphatic heterocycles. The number of nitrogens with zero attached hydrogens (tertiary/aromatic N) is 1. The van der Waals surface area contributed by atoms with Crippen LogP contribution in [0, 0.1) is 6.92 Å². The largest absolute Gasteiger partial charge is 0.464 e. The highest BCUT2D eigenvalue weighted by Crippen LogP contribution is 2.38. The first-order valence-electron chi connectivity index (χ1n) is 11.8. The fourth-order valence-electron chi connectivity index (χ4n) is 4.48. The smallest absolute Gasteiger partial charge is 0.328 e. The molecule has 3 rings (SSSR count). The minimum Gasteiger partial charge on any atom is -0.464 e. The molecule has 8 heteroatoms. The van der Waals surface area contributed by atoms with Gasteiger partial charge in [-0.2, -0.15) is 0 Å². The SMILES string of the molecule is CCOC(=O)[C@H]1CC[C@H](c2ccccc2C)N1C(=O)CNC(=O)[C@H](Cc1ccccc1)SC(C)=O. The summed E-state index contributed by atoms with van der Waals surface area (Å²) in [5.41, 5.74) is 2.94. The van der Waals surface area contributed by atoms with Crippen molar-refractivity contribution in [2.75, 3.05) is 13.2 Å². The van der Waals surface area contributed by atoms with E-state index in [-0.39, 0.29) is 36.1 Å². The molecule has 0 aromatic heterocycles. The Morgan fingerprint density at radius 2 is 1.74 bits per heavy atom. The van der Waals surface area contributed by atoms with Crippen LogP contribution >= 0.6 is 11.8 Å². The van der Waals surface area contributed by atoms with Crippen molar-refractivity contribution in [3.63, 3.8) is 0 Å². The molecule has 0 aliphatic carbocycles. The van der Waals surface area contributed by atoms with Gasteiger partial charge in [0, 0.05) is 6.92 Å². The maximum absolute atomic E-state index is 13.4. The van der Waals surface area contributed by atoms with Gasteiger partial charge < -0.3 is 15.0 Å². The lowest BCUT2D eigenvalue weighted by atomic mass is 9.99.